The zero-order chi connectivity index (χ0) is 13.0. The van der Waals surface area contributed by atoms with E-state index in [1.807, 2.05) is 0 Å². The van der Waals surface area contributed by atoms with E-state index in [0.717, 1.165) is 14.2 Å². The fourth-order valence-corrected chi connectivity index (χ4v) is 1.65. The lowest BCUT2D eigenvalue weighted by atomic mass is 10.2. The standard InChI is InChI=1S/C8H15N2O5P/c1-8(2,3)15-7(11)6(10-9)16(12,13-4)14-5/h1-5H3. The first-order valence-corrected chi connectivity index (χ1v) is 5.92. The summed E-state index contributed by atoms with van der Waals surface area (Å²) in [4.78, 5) is 14.1. The number of ether oxygens (including phenoxy) is 1. The second-order valence-corrected chi connectivity index (χ2v) is 5.94. The highest BCUT2D eigenvalue weighted by Crippen LogP contribution is 2.47. The number of esters is 1. The third-order valence-corrected chi connectivity index (χ3v) is 3.17. The molecular weight excluding hydrogens is 235 g/mol. The Kier molecular flexibility index (Phi) is 5.03. The quantitative estimate of drug-likeness (QED) is 0.247. The molecule has 92 valence electrons. The van der Waals surface area contributed by atoms with Crippen LogP contribution in [-0.4, -0.2) is 36.0 Å². The van der Waals surface area contributed by atoms with Gasteiger partial charge in [0, 0.05) is 14.2 Å². The molecule has 0 bridgehead atoms. The van der Waals surface area contributed by atoms with Crippen molar-refractivity contribution in [1.29, 1.82) is 0 Å². The number of hydrogen-bond donors (Lipinski definition) is 0. The van der Waals surface area contributed by atoms with E-state index in [0.29, 0.717) is 0 Å². The Labute approximate surface area is 93.8 Å². The second-order valence-electron chi connectivity index (χ2n) is 3.79. The minimum atomic E-state index is -3.91. The lowest BCUT2D eigenvalue weighted by Crippen LogP contribution is -2.30. The highest BCUT2D eigenvalue weighted by atomic mass is 31.2. The maximum Gasteiger partial charge on any atom is 0.484 e. The van der Waals surface area contributed by atoms with Crippen molar-refractivity contribution in [2.45, 2.75) is 26.4 Å². The smallest absolute Gasteiger partial charge is 0.451 e. The molecule has 0 fully saturated rings. The van der Waals surface area contributed by atoms with Gasteiger partial charge in [-0.05, 0) is 20.8 Å². The largest absolute Gasteiger partial charge is 0.484 e. The molecule has 16 heavy (non-hydrogen) atoms. The third-order valence-electron chi connectivity index (χ3n) is 1.42. The molecule has 0 atom stereocenters. The van der Waals surface area contributed by atoms with Crippen molar-refractivity contribution in [1.82, 2.24) is 0 Å². The number of nitrogens with zero attached hydrogens (tertiary/aromatic N) is 2. The Bertz CT molecular complexity index is 359. The van der Waals surface area contributed by atoms with Gasteiger partial charge in [-0.1, -0.05) is 0 Å². The molecule has 0 spiro atoms. The molecule has 0 unspecified atom stereocenters. The first-order chi connectivity index (χ1) is 7.20. The van der Waals surface area contributed by atoms with Crippen molar-refractivity contribution < 1.29 is 27.9 Å². The molecular formula is C8H15N2O5P. The number of rotatable bonds is 4. The molecule has 0 aromatic carbocycles. The third kappa shape index (κ3) is 3.87. The summed E-state index contributed by atoms with van der Waals surface area (Å²) in [6, 6.07) is 0. The van der Waals surface area contributed by atoms with Crippen LogP contribution in [-0.2, 0) is 23.1 Å². The Balaban J connectivity index is 5.13. The molecule has 7 nitrogen and oxygen atoms in total. The fourth-order valence-electron chi connectivity index (χ4n) is 0.779. The summed E-state index contributed by atoms with van der Waals surface area (Å²) < 4.78 is 25.7. The minimum Gasteiger partial charge on any atom is -0.451 e. The Morgan fingerprint density at radius 3 is 1.94 bits per heavy atom. The molecule has 0 saturated carbocycles. The summed E-state index contributed by atoms with van der Waals surface area (Å²) in [6.45, 7) is 4.85. The molecule has 0 aliphatic rings. The minimum absolute atomic E-state index is 0.785. The Morgan fingerprint density at radius 1 is 1.25 bits per heavy atom. The van der Waals surface area contributed by atoms with Gasteiger partial charge in [0.2, 0.25) is 0 Å². The molecule has 0 amide bonds. The normalized spacial score (nSPS) is 11.8. The highest BCUT2D eigenvalue weighted by molar-refractivity contribution is 7.74. The van der Waals surface area contributed by atoms with E-state index < -0.39 is 24.6 Å². The summed E-state index contributed by atoms with van der Waals surface area (Å²) in [5, 5.41) is 0. The average molecular weight is 250 g/mol. The van der Waals surface area contributed by atoms with Crippen molar-refractivity contribution in [2.24, 2.45) is 0 Å². The van der Waals surface area contributed by atoms with Crippen molar-refractivity contribution in [3.63, 3.8) is 0 Å². The molecule has 0 aromatic rings. The van der Waals surface area contributed by atoms with E-state index in [1.165, 1.54) is 0 Å². The van der Waals surface area contributed by atoms with E-state index in [-0.39, 0.29) is 0 Å². The van der Waals surface area contributed by atoms with Crippen LogP contribution in [0.3, 0.4) is 0 Å². The van der Waals surface area contributed by atoms with E-state index in [4.69, 9.17) is 10.3 Å². The number of carbonyl (C=O) groups excluding carboxylic acids is 1. The van der Waals surface area contributed by atoms with Crippen LogP contribution >= 0.6 is 7.60 Å². The van der Waals surface area contributed by atoms with E-state index in [1.54, 1.807) is 20.8 Å². The van der Waals surface area contributed by atoms with Crippen LogP contribution in [0.25, 0.3) is 5.53 Å². The number of hydrogen-bond acceptors (Lipinski definition) is 5. The molecule has 0 heterocycles. The van der Waals surface area contributed by atoms with Gasteiger partial charge in [-0.25, -0.2) is 9.36 Å². The fraction of sp³-hybridized carbons (Fsp3) is 0.750. The SMILES string of the molecule is COP(=O)(OC)C(=[N+]=[N-])C(=O)OC(C)(C)C. The molecule has 8 heteroatoms. The summed E-state index contributed by atoms with van der Waals surface area (Å²) in [7, 11) is -1.77. The monoisotopic (exact) mass is 250 g/mol. The van der Waals surface area contributed by atoms with Crippen LogP contribution in [0.1, 0.15) is 20.8 Å². The van der Waals surface area contributed by atoms with Gasteiger partial charge in [0.05, 0.1) is 0 Å². The molecule has 0 aromatic heterocycles. The molecule has 0 radical (unpaired) electrons. The van der Waals surface area contributed by atoms with Gasteiger partial charge in [0.15, 0.2) is 0 Å². The van der Waals surface area contributed by atoms with Gasteiger partial charge in [0.25, 0.3) is 0 Å². The molecule has 0 aliphatic heterocycles. The van der Waals surface area contributed by atoms with Crippen LogP contribution in [0.5, 0.6) is 0 Å². The molecule has 0 N–H and O–H groups in total. The molecule has 0 saturated heterocycles. The van der Waals surface area contributed by atoms with Crippen molar-refractivity contribution >= 4 is 19.0 Å². The Hall–Kier alpha value is -1.00. The second kappa shape index (κ2) is 5.37. The van der Waals surface area contributed by atoms with Crippen LogP contribution in [0.15, 0.2) is 0 Å². The topological polar surface area (TPSA) is 98.2 Å². The Morgan fingerprint density at radius 2 is 1.69 bits per heavy atom. The van der Waals surface area contributed by atoms with E-state index in [9.17, 15) is 9.36 Å². The summed E-state index contributed by atoms with van der Waals surface area (Å²) in [5.74, 6) is -1.05. The molecule has 0 rings (SSSR count). The first kappa shape index (κ1) is 15.0. The zero-order valence-corrected chi connectivity index (χ0v) is 10.8. The van der Waals surface area contributed by atoms with Crippen molar-refractivity contribution in [3.8, 4) is 0 Å². The van der Waals surface area contributed by atoms with Gasteiger partial charge in [-0.3, -0.25) is 0 Å². The van der Waals surface area contributed by atoms with Crippen LogP contribution < -0.4 is 0 Å². The molecule has 0 aliphatic carbocycles. The van der Waals surface area contributed by atoms with Crippen molar-refractivity contribution in [3.05, 3.63) is 5.53 Å². The summed E-state index contributed by atoms with van der Waals surface area (Å²) in [5.41, 5.74) is 7.06. The highest BCUT2D eigenvalue weighted by Gasteiger charge is 2.47. The van der Waals surface area contributed by atoms with Crippen molar-refractivity contribution in [2.75, 3.05) is 14.2 Å². The number of carbonyl (C=O) groups is 1. The van der Waals surface area contributed by atoms with Gasteiger partial charge >= 0.3 is 19.0 Å². The van der Waals surface area contributed by atoms with Crippen LogP contribution in [0.4, 0.5) is 0 Å². The van der Waals surface area contributed by atoms with Gasteiger partial charge < -0.3 is 19.3 Å². The predicted molar refractivity (Wildman–Crippen MR) is 56.1 cm³/mol. The van der Waals surface area contributed by atoms with Crippen LogP contribution in [0.2, 0.25) is 0 Å². The van der Waals surface area contributed by atoms with E-state index in [2.05, 4.69) is 13.8 Å². The summed E-state index contributed by atoms with van der Waals surface area (Å²) >= 11 is 0. The van der Waals surface area contributed by atoms with E-state index >= 15 is 0 Å². The summed E-state index contributed by atoms with van der Waals surface area (Å²) in [6.07, 6.45) is 0. The van der Waals surface area contributed by atoms with Gasteiger partial charge in [-0.15, -0.1) is 4.79 Å². The maximum absolute atomic E-state index is 11.8. The lowest BCUT2D eigenvalue weighted by Gasteiger charge is -2.18. The average Bonchev–Trinajstić information content (AvgIpc) is 2.15. The van der Waals surface area contributed by atoms with Gasteiger partial charge in [0.1, 0.15) is 5.60 Å². The predicted octanol–water partition coefficient (Wildman–Crippen LogP) is 1.44. The van der Waals surface area contributed by atoms with Crippen LogP contribution in [0, 0.1) is 0 Å². The maximum atomic E-state index is 11.8. The van der Waals surface area contributed by atoms with Gasteiger partial charge in [-0.2, -0.15) is 0 Å². The first-order valence-electron chi connectivity index (χ1n) is 4.37. The zero-order valence-electron chi connectivity index (χ0n) is 9.88. The lowest BCUT2D eigenvalue weighted by molar-refractivity contribution is -0.150.